The number of rotatable bonds is 2. The molecular formula is C30H22N2. The number of fused-ring (bicyclic) bond motifs is 6. The first kappa shape index (κ1) is 17.6. The summed E-state index contributed by atoms with van der Waals surface area (Å²) in [5.41, 5.74) is 7.61. The molecule has 0 radical (unpaired) electrons. The summed E-state index contributed by atoms with van der Waals surface area (Å²) in [6, 6.07) is 35.5. The van der Waals surface area contributed by atoms with Crippen molar-refractivity contribution in [1.82, 2.24) is 4.57 Å². The molecule has 0 saturated carbocycles. The monoisotopic (exact) mass is 410 g/mol. The summed E-state index contributed by atoms with van der Waals surface area (Å²) in [5, 5.41) is 2.58. The fourth-order valence-corrected chi connectivity index (χ4v) is 5.57. The van der Waals surface area contributed by atoms with Gasteiger partial charge in [-0.15, -0.1) is 0 Å². The second-order valence-corrected chi connectivity index (χ2v) is 8.60. The van der Waals surface area contributed by atoms with Gasteiger partial charge in [-0.1, -0.05) is 85.0 Å². The van der Waals surface area contributed by atoms with Gasteiger partial charge in [0, 0.05) is 33.8 Å². The maximum Gasteiger partial charge on any atom is 0.0629 e. The van der Waals surface area contributed by atoms with Gasteiger partial charge >= 0.3 is 0 Å². The van der Waals surface area contributed by atoms with E-state index in [0.29, 0.717) is 12.0 Å². The van der Waals surface area contributed by atoms with Crippen LogP contribution in [0.2, 0.25) is 0 Å². The number of nitrogens with zero attached hydrogens (tertiary/aromatic N) is 2. The zero-order chi connectivity index (χ0) is 21.1. The molecule has 0 bridgehead atoms. The van der Waals surface area contributed by atoms with Gasteiger partial charge in [0.25, 0.3) is 0 Å². The molecule has 0 spiro atoms. The van der Waals surface area contributed by atoms with E-state index in [2.05, 4.69) is 131 Å². The lowest BCUT2D eigenvalue weighted by molar-refractivity contribution is 0.744. The van der Waals surface area contributed by atoms with Gasteiger partial charge in [0.1, 0.15) is 0 Å². The normalized spacial score (nSPS) is 18.9. The third kappa shape index (κ3) is 2.41. The Labute approximate surface area is 187 Å². The molecule has 152 valence electrons. The molecule has 0 fully saturated rings. The molecule has 7 rings (SSSR count). The Bertz CT molecular complexity index is 1500. The molecule has 2 aliphatic rings. The summed E-state index contributed by atoms with van der Waals surface area (Å²) >= 11 is 0. The standard InChI is InChI=1S/C30H22N2/c1-5-16-27-23(12-1)24-13-2-6-17-28(24)31(27)21-10-9-11-22(20-21)32-29-18-7-3-14-25(29)26-15-4-8-19-30(26)32/h1-20,23,27H. The van der Waals surface area contributed by atoms with Crippen LogP contribution in [0.25, 0.3) is 27.5 Å². The number of allylic oxidation sites excluding steroid dienone is 2. The number of hydrogen-bond donors (Lipinski definition) is 0. The van der Waals surface area contributed by atoms with Gasteiger partial charge in [0.2, 0.25) is 0 Å². The first-order chi connectivity index (χ1) is 15.9. The van der Waals surface area contributed by atoms with E-state index < -0.39 is 0 Å². The van der Waals surface area contributed by atoms with E-state index in [9.17, 15) is 0 Å². The van der Waals surface area contributed by atoms with Crippen LogP contribution in [0, 0.1) is 0 Å². The van der Waals surface area contributed by atoms with Gasteiger partial charge in [-0.25, -0.2) is 0 Å². The summed E-state index contributed by atoms with van der Waals surface area (Å²) < 4.78 is 2.39. The Morgan fingerprint density at radius 3 is 2.03 bits per heavy atom. The van der Waals surface area contributed by atoms with Crippen LogP contribution in [0.3, 0.4) is 0 Å². The Hall–Kier alpha value is -4.04. The zero-order valence-corrected chi connectivity index (χ0v) is 17.6. The lowest BCUT2D eigenvalue weighted by atomic mass is 9.91. The average Bonchev–Trinajstić information content (AvgIpc) is 3.37. The smallest absolute Gasteiger partial charge is 0.0629 e. The second-order valence-electron chi connectivity index (χ2n) is 8.60. The van der Waals surface area contributed by atoms with E-state index in [0.717, 1.165) is 0 Å². The van der Waals surface area contributed by atoms with Crippen molar-refractivity contribution in [3.05, 3.63) is 127 Å². The molecule has 32 heavy (non-hydrogen) atoms. The molecule has 0 N–H and O–H groups in total. The molecule has 2 unspecified atom stereocenters. The Morgan fingerprint density at radius 2 is 1.22 bits per heavy atom. The van der Waals surface area contributed by atoms with Crippen LogP contribution in [0.4, 0.5) is 11.4 Å². The third-order valence-electron chi connectivity index (χ3n) is 6.91. The van der Waals surface area contributed by atoms with Crippen molar-refractivity contribution >= 4 is 33.2 Å². The topological polar surface area (TPSA) is 8.17 Å². The van der Waals surface area contributed by atoms with Gasteiger partial charge in [0.05, 0.1) is 17.1 Å². The van der Waals surface area contributed by atoms with E-state index >= 15 is 0 Å². The van der Waals surface area contributed by atoms with Gasteiger partial charge < -0.3 is 9.47 Å². The molecule has 1 aromatic heterocycles. The van der Waals surface area contributed by atoms with E-state index in [1.807, 2.05) is 0 Å². The summed E-state index contributed by atoms with van der Waals surface area (Å²) in [6.07, 6.45) is 9.02. The Kier molecular flexibility index (Phi) is 3.71. The number of aromatic nitrogens is 1. The molecule has 0 amide bonds. The summed E-state index contributed by atoms with van der Waals surface area (Å²) in [6.45, 7) is 0. The van der Waals surface area contributed by atoms with E-state index in [1.165, 1.54) is 44.4 Å². The Balaban J connectivity index is 1.45. The molecule has 5 aromatic rings. The highest BCUT2D eigenvalue weighted by atomic mass is 15.2. The fourth-order valence-electron chi connectivity index (χ4n) is 5.57. The molecule has 1 aliphatic heterocycles. The van der Waals surface area contributed by atoms with Crippen molar-refractivity contribution in [3.8, 4) is 5.69 Å². The molecular weight excluding hydrogens is 388 g/mol. The van der Waals surface area contributed by atoms with E-state index in [1.54, 1.807) is 0 Å². The van der Waals surface area contributed by atoms with Gasteiger partial charge in [-0.3, -0.25) is 0 Å². The van der Waals surface area contributed by atoms with E-state index in [-0.39, 0.29) is 0 Å². The van der Waals surface area contributed by atoms with Gasteiger partial charge in [-0.05, 0) is 42.0 Å². The summed E-state index contributed by atoms with van der Waals surface area (Å²) in [4.78, 5) is 2.50. The zero-order valence-electron chi connectivity index (χ0n) is 17.6. The SMILES string of the molecule is C1=CC2c3ccccc3N(c3cccc(-n4c5ccccc5c5ccccc54)c3)C2C=C1. The van der Waals surface area contributed by atoms with E-state index in [4.69, 9.17) is 0 Å². The third-order valence-corrected chi connectivity index (χ3v) is 6.91. The predicted octanol–water partition coefficient (Wildman–Crippen LogP) is 7.51. The highest BCUT2D eigenvalue weighted by Gasteiger charge is 2.37. The van der Waals surface area contributed by atoms with Crippen molar-refractivity contribution in [2.45, 2.75) is 12.0 Å². The molecule has 2 atom stereocenters. The fraction of sp³-hybridized carbons (Fsp3) is 0.0667. The minimum atomic E-state index is 0.311. The lowest BCUT2D eigenvalue weighted by Crippen LogP contribution is -2.28. The van der Waals surface area contributed by atoms with Gasteiger partial charge in [-0.2, -0.15) is 0 Å². The molecule has 2 heterocycles. The van der Waals surface area contributed by atoms with Crippen LogP contribution in [0.5, 0.6) is 0 Å². The van der Waals surface area contributed by atoms with Crippen LogP contribution < -0.4 is 4.90 Å². The molecule has 4 aromatic carbocycles. The average molecular weight is 411 g/mol. The first-order valence-electron chi connectivity index (χ1n) is 11.2. The van der Waals surface area contributed by atoms with Crippen molar-refractivity contribution in [1.29, 1.82) is 0 Å². The number of anilines is 2. The van der Waals surface area contributed by atoms with Crippen molar-refractivity contribution in [3.63, 3.8) is 0 Å². The minimum Gasteiger partial charge on any atom is -0.333 e. The maximum absolute atomic E-state index is 2.50. The van der Waals surface area contributed by atoms with Gasteiger partial charge in [0.15, 0.2) is 0 Å². The molecule has 2 nitrogen and oxygen atoms in total. The van der Waals surface area contributed by atoms with Crippen LogP contribution in [-0.4, -0.2) is 10.6 Å². The Morgan fingerprint density at radius 1 is 0.562 bits per heavy atom. The molecule has 2 heteroatoms. The lowest BCUT2D eigenvalue weighted by Gasteiger charge is -2.29. The number of benzene rings is 4. The quantitative estimate of drug-likeness (QED) is 0.292. The van der Waals surface area contributed by atoms with Crippen LogP contribution in [-0.2, 0) is 0 Å². The van der Waals surface area contributed by atoms with Crippen molar-refractivity contribution in [2.24, 2.45) is 0 Å². The highest BCUT2D eigenvalue weighted by Crippen LogP contribution is 2.47. The highest BCUT2D eigenvalue weighted by molar-refractivity contribution is 6.09. The van der Waals surface area contributed by atoms with Crippen molar-refractivity contribution in [2.75, 3.05) is 4.90 Å². The minimum absolute atomic E-state index is 0.311. The largest absolute Gasteiger partial charge is 0.333 e. The molecule has 0 saturated heterocycles. The van der Waals surface area contributed by atoms with Crippen LogP contribution in [0.15, 0.2) is 121 Å². The van der Waals surface area contributed by atoms with Crippen LogP contribution >= 0.6 is 0 Å². The molecule has 1 aliphatic carbocycles. The maximum atomic E-state index is 2.50. The number of para-hydroxylation sites is 3. The first-order valence-corrected chi connectivity index (χ1v) is 11.2. The number of hydrogen-bond acceptors (Lipinski definition) is 1. The predicted molar refractivity (Wildman–Crippen MR) is 134 cm³/mol. The summed E-state index contributed by atoms with van der Waals surface area (Å²) in [7, 11) is 0. The summed E-state index contributed by atoms with van der Waals surface area (Å²) in [5.74, 6) is 0.396. The van der Waals surface area contributed by atoms with Crippen LogP contribution in [0.1, 0.15) is 11.5 Å². The second kappa shape index (κ2) is 6.73. The van der Waals surface area contributed by atoms with Crippen molar-refractivity contribution < 1.29 is 0 Å².